The van der Waals surface area contributed by atoms with E-state index in [1.165, 1.54) is 6.08 Å². The Balaban J connectivity index is 3.84. The van der Waals surface area contributed by atoms with Gasteiger partial charge in [-0.3, -0.25) is 0 Å². The molecule has 1 atom stereocenters. The van der Waals surface area contributed by atoms with E-state index in [1.54, 1.807) is 12.2 Å². The highest BCUT2D eigenvalue weighted by atomic mass is 127. The second-order valence-electron chi connectivity index (χ2n) is 1.69. The first-order valence-electron chi connectivity index (χ1n) is 2.81. The van der Waals surface area contributed by atoms with E-state index in [0.717, 1.165) is 0 Å². The Kier molecular flexibility index (Phi) is 5.04. The molecular weight excluding hydrogens is 230 g/mol. The van der Waals surface area contributed by atoms with Crippen molar-refractivity contribution in [2.24, 2.45) is 0 Å². The fraction of sp³-hybridized carbons (Fsp3) is 0.429. The summed E-state index contributed by atoms with van der Waals surface area (Å²) in [5.74, 6) is -0.0753. The summed E-state index contributed by atoms with van der Waals surface area (Å²) >= 11 is 2.03. The molecule has 0 saturated heterocycles. The SMILES string of the molecule is C/C=C\C=C(\F)C(C)I. The molecule has 0 fully saturated rings. The molecule has 0 saturated carbocycles. The zero-order valence-electron chi connectivity index (χ0n) is 5.57. The van der Waals surface area contributed by atoms with Crippen LogP contribution >= 0.6 is 22.6 Å². The van der Waals surface area contributed by atoms with E-state index in [4.69, 9.17) is 0 Å². The third kappa shape index (κ3) is 4.63. The summed E-state index contributed by atoms with van der Waals surface area (Å²) in [6.45, 7) is 3.68. The molecule has 0 N–H and O–H groups in total. The Hall–Kier alpha value is 0.140. The Morgan fingerprint density at radius 1 is 1.67 bits per heavy atom. The van der Waals surface area contributed by atoms with Crippen LogP contribution in [0.25, 0.3) is 0 Å². The summed E-state index contributed by atoms with van der Waals surface area (Å²) in [4.78, 5) is 0. The maximum Gasteiger partial charge on any atom is 0.112 e. The fourth-order valence-corrected chi connectivity index (χ4v) is 0.528. The monoisotopic (exact) mass is 240 g/mol. The summed E-state index contributed by atoms with van der Waals surface area (Å²) in [7, 11) is 0. The van der Waals surface area contributed by atoms with Crippen LogP contribution in [0.5, 0.6) is 0 Å². The first-order valence-corrected chi connectivity index (χ1v) is 4.05. The zero-order valence-corrected chi connectivity index (χ0v) is 7.72. The third-order valence-electron chi connectivity index (χ3n) is 0.828. The minimum atomic E-state index is -0.0753. The first-order chi connectivity index (χ1) is 4.18. The molecule has 0 heterocycles. The van der Waals surface area contributed by atoms with Gasteiger partial charge in [0.05, 0.1) is 3.92 Å². The lowest BCUT2D eigenvalue weighted by Crippen LogP contribution is -1.87. The summed E-state index contributed by atoms with van der Waals surface area (Å²) < 4.78 is 12.5. The second-order valence-corrected chi connectivity index (χ2v) is 3.56. The predicted molar refractivity (Wildman–Crippen MR) is 47.5 cm³/mol. The molecule has 0 bridgehead atoms. The van der Waals surface area contributed by atoms with Crippen molar-refractivity contribution in [1.82, 2.24) is 0 Å². The molecule has 0 rings (SSSR count). The van der Waals surface area contributed by atoms with E-state index in [9.17, 15) is 4.39 Å². The number of alkyl halides is 1. The molecule has 2 heteroatoms. The number of hydrogen-bond acceptors (Lipinski definition) is 0. The summed E-state index contributed by atoms with van der Waals surface area (Å²) in [6, 6.07) is 0. The Morgan fingerprint density at radius 2 is 2.22 bits per heavy atom. The highest BCUT2D eigenvalue weighted by molar-refractivity contribution is 14.1. The highest BCUT2D eigenvalue weighted by Gasteiger charge is 1.98. The lowest BCUT2D eigenvalue weighted by Gasteiger charge is -1.94. The van der Waals surface area contributed by atoms with E-state index in [0.29, 0.717) is 0 Å². The molecule has 52 valence electrons. The van der Waals surface area contributed by atoms with Crippen molar-refractivity contribution in [2.45, 2.75) is 17.8 Å². The summed E-state index contributed by atoms with van der Waals surface area (Å²) in [6.07, 6.45) is 4.99. The van der Waals surface area contributed by atoms with Crippen LogP contribution in [0.4, 0.5) is 4.39 Å². The maximum absolute atomic E-state index is 12.5. The van der Waals surface area contributed by atoms with Crippen molar-refractivity contribution in [1.29, 1.82) is 0 Å². The van der Waals surface area contributed by atoms with Gasteiger partial charge in [-0.2, -0.15) is 0 Å². The van der Waals surface area contributed by atoms with Crippen LogP contribution in [0, 0.1) is 0 Å². The predicted octanol–water partition coefficient (Wildman–Crippen LogP) is 3.24. The smallest absolute Gasteiger partial charge is 0.112 e. The van der Waals surface area contributed by atoms with Crippen molar-refractivity contribution >= 4 is 22.6 Å². The van der Waals surface area contributed by atoms with Gasteiger partial charge in [-0.1, -0.05) is 34.7 Å². The molecule has 0 aliphatic heterocycles. The van der Waals surface area contributed by atoms with Gasteiger partial charge in [0.1, 0.15) is 5.83 Å². The largest absolute Gasteiger partial charge is 0.211 e. The summed E-state index contributed by atoms with van der Waals surface area (Å²) in [5, 5.41) is 0. The average molecular weight is 240 g/mol. The molecule has 0 aliphatic rings. The van der Waals surface area contributed by atoms with Crippen molar-refractivity contribution < 1.29 is 4.39 Å². The van der Waals surface area contributed by atoms with Gasteiger partial charge in [0.15, 0.2) is 0 Å². The molecule has 1 unspecified atom stereocenters. The lowest BCUT2D eigenvalue weighted by atomic mass is 10.3. The fourth-order valence-electron chi connectivity index (χ4n) is 0.321. The molecule has 0 aromatic rings. The number of halogens is 2. The molecule has 0 amide bonds. The molecule has 0 nitrogen and oxygen atoms in total. The normalized spacial score (nSPS) is 16.7. The van der Waals surface area contributed by atoms with Gasteiger partial charge in [-0.15, -0.1) is 0 Å². The number of allylic oxidation sites excluding steroid dienone is 4. The Bertz CT molecular complexity index is 125. The second kappa shape index (κ2) is 4.97. The van der Waals surface area contributed by atoms with Crippen molar-refractivity contribution in [3.8, 4) is 0 Å². The van der Waals surface area contributed by atoms with Crippen LogP contribution in [0.1, 0.15) is 13.8 Å². The van der Waals surface area contributed by atoms with Crippen LogP contribution in [-0.4, -0.2) is 3.92 Å². The van der Waals surface area contributed by atoms with Gasteiger partial charge in [0.25, 0.3) is 0 Å². The third-order valence-corrected chi connectivity index (χ3v) is 1.42. The van der Waals surface area contributed by atoms with Gasteiger partial charge in [-0.25, -0.2) is 4.39 Å². The molecule has 0 aromatic heterocycles. The van der Waals surface area contributed by atoms with Gasteiger partial charge < -0.3 is 0 Å². The molecule has 9 heavy (non-hydrogen) atoms. The molecular formula is C7H10FI. The highest BCUT2D eigenvalue weighted by Crippen LogP contribution is 2.12. The molecule has 0 aliphatic carbocycles. The van der Waals surface area contributed by atoms with Crippen LogP contribution in [0.2, 0.25) is 0 Å². The lowest BCUT2D eigenvalue weighted by molar-refractivity contribution is 0.617. The quantitative estimate of drug-likeness (QED) is 0.395. The average Bonchev–Trinajstić information content (AvgIpc) is 1.82. The number of hydrogen-bond donors (Lipinski definition) is 0. The van der Waals surface area contributed by atoms with Crippen LogP contribution in [0.15, 0.2) is 24.1 Å². The van der Waals surface area contributed by atoms with E-state index in [2.05, 4.69) is 0 Å². The summed E-state index contributed by atoms with van der Waals surface area (Å²) in [5.41, 5.74) is 0. The van der Waals surface area contributed by atoms with E-state index < -0.39 is 0 Å². The zero-order chi connectivity index (χ0) is 7.28. The minimum absolute atomic E-state index is 0.0150. The standard InChI is InChI=1S/C7H10FI/c1-3-4-5-7(8)6(2)9/h3-6H,1-2H3/b4-3-,7-5+. The first kappa shape index (κ1) is 9.14. The molecule has 0 aromatic carbocycles. The van der Waals surface area contributed by atoms with Gasteiger partial charge >= 0.3 is 0 Å². The van der Waals surface area contributed by atoms with Crippen LogP contribution in [0.3, 0.4) is 0 Å². The topological polar surface area (TPSA) is 0 Å². The maximum atomic E-state index is 12.5. The Morgan fingerprint density at radius 3 is 2.56 bits per heavy atom. The van der Waals surface area contributed by atoms with Gasteiger partial charge in [0.2, 0.25) is 0 Å². The van der Waals surface area contributed by atoms with Crippen LogP contribution < -0.4 is 0 Å². The van der Waals surface area contributed by atoms with Crippen molar-refractivity contribution in [3.05, 3.63) is 24.1 Å². The van der Waals surface area contributed by atoms with Gasteiger partial charge in [0, 0.05) is 0 Å². The Labute approximate surface area is 69.0 Å². The van der Waals surface area contributed by atoms with Crippen molar-refractivity contribution in [3.63, 3.8) is 0 Å². The van der Waals surface area contributed by atoms with E-state index >= 15 is 0 Å². The van der Waals surface area contributed by atoms with E-state index in [-0.39, 0.29) is 9.75 Å². The van der Waals surface area contributed by atoms with Gasteiger partial charge in [-0.05, 0) is 19.9 Å². The van der Waals surface area contributed by atoms with E-state index in [1.807, 2.05) is 36.4 Å². The molecule has 0 spiro atoms. The van der Waals surface area contributed by atoms with Crippen molar-refractivity contribution in [2.75, 3.05) is 0 Å². The van der Waals surface area contributed by atoms with Crippen LogP contribution in [-0.2, 0) is 0 Å². The number of rotatable bonds is 2. The molecule has 0 radical (unpaired) electrons. The minimum Gasteiger partial charge on any atom is -0.211 e.